The summed E-state index contributed by atoms with van der Waals surface area (Å²) in [5.74, 6) is -0.276. The minimum Gasteiger partial charge on any atom is -0.466 e. The van der Waals surface area contributed by atoms with Crippen molar-refractivity contribution in [2.45, 2.75) is 12.5 Å². The Morgan fingerprint density at radius 3 is 2.92 bits per heavy atom. The van der Waals surface area contributed by atoms with Gasteiger partial charge in [0, 0.05) is 12.7 Å². The van der Waals surface area contributed by atoms with Gasteiger partial charge in [-0.05, 0) is 12.5 Å². The first-order valence-electron chi connectivity index (χ1n) is 3.76. The largest absolute Gasteiger partial charge is 0.466 e. The molecule has 0 aromatic heterocycles. The number of hydrogen-bond acceptors (Lipinski definition) is 3. The molecule has 0 aromatic carbocycles. The summed E-state index contributed by atoms with van der Waals surface area (Å²) >= 11 is 0. The molecule has 0 fully saturated rings. The van der Waals surface area contributed by atoms with Crippen molar-refractivity contribution in [3.05, 3.63) is 23.8 Å². The highest BCUT2D eigenvalue weighted by Gasteiger charge is 2.13. The highest BCUT2D eigenvalue weighted by Crippen LogP contribution is 2.14. The number of carbonyl (C=O) groups excluding carboxylic acids is 1. The molecule has 0 amide bonds. The maximum Gasteiger partial charge on any atom is 0.333 e. The average molecular weight is 168 g/mol. The fraction of sp³-hybridized carbons (Fsp3) is 0.444. The third-order valence-electron chi connectivity index (χ3n) is 1.75. The van der Waals surface area contributed by atoms with Gasteiger partial charge in [0.05, 0.1) is 13.2 Å². The Morgan fingerprint density at radius 2 is 2.33 bits per heavy atom. The lowest BCUT2D eigenvalue weighted by molar-refractivity contribution is -0.136. The summed E-state index contributed by atoms with van der Waals surface area (Å²) in [5.41, 5.74) is 0.659. The number of rotatable bonds is 2. The maximum atomic E-state index is 11.0. The van der Waals surface area contributed by atoms with Gasteiger partial charge in [0.25, 0.3) is 0 Å². The van der Waals surface area contributed by atoms with Crippen LogP contribution in [0.5, 0.6) is 0 Å². The molecule has 66 valence electrons. The van der Waals surface area contributed by atoms with Crippen molar-refractivity contribution < 1.29 is 14.3 Å². The summed E-state index contributed by atoms with van der Waals surface area (Å²) in [7, 11) is 2.98. The van der Waals surface area contributed by atoms with Gasteiger partial charge in [-0.2, -0.15) is 0 Å². The fourth-order valence-corrected chi connectivity index (χ4v) is 1.08. The second kappa shape index (κ2) is 4.07. The van der Waals surface area contributed by atoms with Crippen LogP contribution in [0, 0.1) is 0 Å². The lowest BCUT2D eigenvalue weighted by Gasteiger charge is -2.12. The minimum absolute atomic E-state index is 0.0900. The van der Waals surface area contributed by atoms with E-state index in [1.165, 1.54) is 7.11 Å². The van der Waals surface area contributed by atoms with Crippen LogP contribution >= 0.6 is 0 Å². The molecule has 0 saturated carbocycles. The molecule has 0 aromatic rings. The predicted octanol–water partition coefficient (Wildman–Crippen LogP) is 1.06. The van der Waals surface area contributed by atoms with Crippen molar-refractivity contribution >= 4 is 5.97 Å². The molecule has 0 N–H and O–H groups in total. The van der Waals surface area contributed by atoms with Crippen LogP contribution in [0.15, 0.2) is 23.8 Å². The van der Waals surface area contributed by atoms with Gasteiger partial charge in [0.1, 0.15) is 0 Å². The van der Waals surface area contributed by atoms with Crippen molar-refractivity contribution in [1.29, 1.82) is 0 Å². The first kappa shape index (κ1) is 9.00. The standard InChI is InChI=1S/C9H12O3/c1-11-8-5-3-4-7(6-8)9(10)12-2/h3,5-6,8H,4H2,1-2H3. The van der Waals surface area contributed by atoms with Gasteiger partial charge in [-0.25, -0.2) is 4.79 Å². The zero-order chi connectivity index (χ0) is 8.97. The summed E-state index contributed by atoms with van der Waals surface area (Å²) in [6, 6.07) is 0. The molecule has 0 heterocycles. The number of esters is 1. The molecule has 3 heteroatoms. The van der Waals surface area contributed by atoms with E-state index in [4.69, 9.17) is 4.74 Å². The summed E-state index contributed by atoms with van der Waals surface area (Å²) < 4.78 is 9.63. The Hall–Kier alpha value is -1.09. The Bertz CT molecular complexity index is 228. The number of carbonyl (C=O) groups is 1. The Labute approximate surface area is 71.7 Å². The zero-order valence-corrected chi connectivity index (χ0v) is 7.24. The van der Waals surface area contributed by atoms with Gasteiger partial charge < -0.3 is 9.47 Å². The second-order valence-electron chi connectivity index (χ2n) is 2.52. The second-order valence-corrected chi connectivity index (χ2v) is 2.52. The number of allylic oxidation sites excluding steroid dienone is 1. The van der Waals surface area contributed by atoms with E-state index in [1.54, 1.807) is 13.2 Å². The molecule has 3 nitrogen and oxygen atoms in total. The number of ether oxygens (including phenoxy) is 2. The first-order valence-corrected chi connectivity index (χ1v) is 3.76. The molecule has 1 rings (SSSR count). The average Bonchev–Trinajstić information content (AvgIpc) is 2.17. The van der Waals surface area contributed by atoms with Crippen LogP contribution in [0.25, 0.3) is 0 Å². The lowest BCUT2D eigenvalue weighted by Crippen LogP contribution is -2.13. The smallest absolute Gasteiger partial charge is 0.333 e. The molecule has 1 unspecified atom stereocenters. The van der Waals surface area contributed by atoms with Gasteiger partial charge in [0.15, 0.2) is 0 Å². The predicted molar refractivity (Wildman–Crippen MR) is 44.7 cm³/mol. The van der Waals surface area contributed by atoms with Crippen LogP contribution in [0.2, 0.25) is 0 Å². The van der Waals surface area contributed by atoms with Gasteiger partial charge in [-0.15, -0.1) is 0 Å². The van der Waals surface area contributed by atoms with E-state index in [0.29, 0.717) is 12.0 Å². The first-order chi connectivity index (χ1) is 5.77. The van der Waals surface area contributed by atoms with E-state index < -0.39 is 0 Å². The van der Waals surface area contributed by atoms with Gasteiger partial charge >= 0.3 is 5.97 Å². The molecule has 1 aliphatic carbocycles. The molecule has 1 aliphatic rings. The van der Waals surface area contributed by atoms with Crippen molar-refractivity contribution in [3.8, 4) is 0 Å². The van der Waals surface area contributed by atoms with Crippen molar-refractivity contribution in [2.24, 2.45) is 0 Å². The Balaban J connectivity index is 2.66. The molecule has 0 radical (unpaired) electrons. The van der Waals surface area contributed by atoms with Crippen LogP contribution in [-0.2, 0) is 14.3 Å². The van der Waals surface area contributed by atoms with E-state index >= 15 is 0 Å². The van der Waals surface area contributed by atoms with Gasteiger partial charge in [0.2, 0.25) is 0 Å². The van der Waals surface area contributed by atoms with E-state index in [0.717, 1.165) is 0 Å². The molecule has 1 atom stereocenters. The monoisotopic (exact) mass is 168 g/mol. The van der Waals surface area contributed by atoms with Crippen molar-refractivity contribution in [1.82, 2.24) is 0 Å². The molecule has 0 saturated heterocycles. The Kier molecular flexibility index (Phi) is 3.05. The summed E-state index contributed by atoms with van der Waals surface area (Å²) in [4.78, 5) is 11.0. The van der Waals surface area contributed by atoms with Gasteiger partial charge in [-0.3, -0.25) is 0 Å². The van der Waals surface area contributed by atoms with Crippen LogP contribution in [0.4, 0.5) is 0 Å². The van der Waals surface area contributed by atoms with Crippen LogP contribution in [0.3, 0.4) is 0 Å². The van der Waals surface area contributed by atoms with E-state index in [1.807, 2.05) is 12.2 Å². The number of methoxy groups -OCH3 is 2. The zero-order valence-electron chi connectivity index (χ0n) is 7.24. The molecule has 0 bridgehead atoms. The van der Waals surface area contributed by atoms with Gasteiger partial charge in [-0.1, -0.05) is 12.2 Å². The number of hydrogen-bond donors (Lipinski definition) is 0. The van der Waals surface area contributed by atoms with Crippen LogP contribution in [-0.4, -0.2) is 26.3 Å². The van der Waals surface area contributed by atoms with E-state index in [9.17, 15) is 4.79 Å². The Morgan fingerprint density at radius 1 is 1.58 bits per heavy atom. The summed E-state index contributed by atoms with van der Waals surface area (Å²) in [6.45, 7) is 0. The SMILES string of the molecule is COC(=O)C1=CC(OC)C=CC1. The van der Waals surface area contributed by atoms with Crippen molar-refractivity contribution in [3.63, 3.8) is 0 Å². The highest BCUT2D eigenvalue weighted by molar-refractivity contribution is 5.89. The quantitative estimate of drug-likeness (QED) is 0.457. The normalized spacial score (nSPS) is 21.8. The van der Waals surface area contributed by atoms with Crippen LogP contribution < -0.4 is 0 Å². The molecule has 12 heavy (non-hydrogen) atoms. The van der Waals surface area contributed by atoms with Crippen LogP contribution in [0.1, 0.15) is 6.42 Å². The fourth-order valence-electron chi connectivity index (χ4n) is 1.08. The minimum atomic E-state index is -0.276. The third-order valence-corrected chi connectivity index (χ3v) is 1.75. The molecule has 0 spiro atoms. The molecular formula is C9H12O3. The topological polar surface area (TPSA) is 35.5 Å². The molecule has 0 aliphatic heterocycles. The summed E-state index contributed by atoms with van der Waals surface area (Å²) in [6.07, 6.45) is 6.12. The van der Waals surface area contributed by atoms with E-state index in [2.05, 4.69) is 4.74 Å². The van der Waals surface area contributed by atoms with Crippen molar-refractivity contribution in [2.75, 3.05) is 14.2 Å². The third kappa shape index (κ3) is 1.95. The van der Waals surface area contributed by atoms with E-state index in [-0.39, 0.29) is 12.1 Å². The highest BCUT2D eigenvalue weighted by atomic mass is 16.5. The molecular weight excluding hydrogens is 156 g/mol. The lowest BCUT2D eigenvalue weighted by atomic mass is 10.0. The maximum absolute atomic E-state index is 11.0. The summed E-state index contributed by atoms with van der Waals surface area (Å²) in [5, 5.41) is 0.